The average Bonchev–Trinajstić information content (AvgIpc) is 3.58. The lowest BCUT2D eigenvalue weighted by atomic mass is 9.84. The van der Waals surface area contributed by atoms with Crippen LogP contribution in [-0.2, 0) is 10.3 Å². The van der Waals surface area contributed by atoms with Crippen molar-refractivity contribution in [1.82, 2.24) is 4.90 Å². The minimum absolute atomic E-state index is 0.139. The zero-order valence-electron chi connectivity index (χ0n) is 16.6. The lowest BCUT2D eigenvalue weighted by Gasteiger charge is -2.44. The maximum atomic E-state index is 13.4. The van der Waals surface area contributed by atoms with Crippen LogP contribution in [0, 0.1) is 5.82 Å². The van der Waals surface area contributed by atoms with Gasteiger partial charge >= 0.3 is 0 Å². The zero-order valence-corrected chi connectivity index (χ0v) is 16.6. The van der Waals surface area contributed by atoms with Crippen LogP contribution in [0.5, 0.6) is 0 Å². The summed E-state index contributed by atoms with van der Waals surface area (Å²) < 4.78 is 19.8. The summed E-state index contributed by atoms with van der Waals surface area (Å²) in [4.78, 5) is 2.35. The Kier molecular flexibility index (Phi) is 5.81. The Labute approximate surface area is 167 Å². The molecule has 2 fully saturated rings. The number of aliphatic hydroxyl groups excluding tert-OH is 1. The Balaban J connectivity index is 1.45. The quantitative estimate of drug-likeness (QED) is 0.721. The number of halogens is 1. The summed E-state index contributed by atoms with van der Waals surface area (Å²) in [5.41, 5.74) is 3.34. The van der Waals surface area contributed by atoms with Crippen molar-refractivity contribution in [2.75, 3.05) is 19.9 Å². The Morgan fingerprint density at radius 1 is 1.14 bits per heavy atom. The summed E-state index contributed by atoms with van der Waals surface area (Å²) in [6.07, 6.45) is 4.91. The number of ether oxygens (including phenoxy) is 1. The van der Waals surface area contributed by atoms with Gasteiger partial charge in [0.25, 0.3) is 0 Å². The normalized spacial score (nSPS) is 24.2. The van der Waals surface area contributed by atoms with E-state index in [1.807, 2.05) is 12.1 Å². The molecule has 4 heteroatoms. The van der Waals surface area contributed by atoms with Gasteiger partial charge in [-0.2, -0.15) is 0 Å². The number of aliphatic hydroxyl groups is 1. The van der Waals surface area contributed by atoms with E-state index in [0.717, 1.165) is 30.9 Å². The van der Waals surface area contributed by atoms with Gasteiger partial charge in [0.2, 0.25) is 0 Å². The van der Waals surface area contributed by atoms with Crippen molar-refractivity contribution in [3.63, 3.8) is 0 Å². The summed E-state index contributed by atoms with van der Waals surface area (Å²) >= 11 is 0. The largest absolute Gasteiger partial charge is 0.396 e. The zero-order chi connectivity index (χ0) is 19.6. The molecular formula is C24H30FNO2. The van der Waals surface area contributed by atoms with Crippen molar-refractivity contribution >= 4 is 0 Å². The van der Waals surface area contributed by atoms with E-state index in [0.29, 0.717) is 13.2 Å². The third-order valence-corrected chi connectivity index (χ3v) is 6.43. The predicted octanol–water partition coefficient (Wildman–Crippen LogP) is 5.11. The molecule has 1 saturated carbocycles. The number of rotatable bonds is 7. The molecule has 2 aliphatic rings. The summed E-state index contributed by atoms with van der Waals surface area (Å²) in [5.74, 6) is 0.548. The molecule has 1 saturated heterocycles. The minimum Gasteiger partial charge on any atom is -0.396 e. The molecular weight excluding hydrogens is 353 g/mol. The van der Waals surface area contributed by atoms with E-state index in [1.165, 1.54) is 36.1 Å². The molecule has 150 valence electrons. The summed E-state index contributed by atoms with van der Waals surface area (Å²) in [7, 11) is 0. The Hall–Kier alpha value is -1.75. The van der Waals surface area contributed by atoms with E-state index in [4.69, 9.17) is 4.74 Å². The molecule has 3 nitrogen and oxygen atoms in total. The first-order valence-electron chi connectivity index (χ1n) is 10.5. The molecule has 0 aromatic heterocycles. The van der Waals surface area contributed by atoms with Gasteiger partial charge in [0.1, 0.15) is 12.5 Å². The SMILES string of the molecule is CC(c1ccc(C2CC2)cc1)N1CCC(CCCO)(c2ccc(F)cc2)OC1. The lowest BCUT2D eigenvalue weighted by molar-refractivity contribution is -0.159. The van der Waals surface area contributed by atoms with Crippen LogP contribution in [0.2, 0.25) is 0 Å². The van der Waals surface area contributed by atoms with Crippen molar-refractivity contribution in [3.05, 3.63) is 71.0 Å². The Morgan fingerprint density at radius 2 is 1.86 bits per heavy atom. The number of nitrogens with zero attached hydrogens (tertiary/aromatic N) is 1. The maximum Gasteiger partial charge on any atom is 0.123 e. The van der Waals surface area contributed by atoms with Crippen molar-refractivity contribution in [1.29, 1.82) is 0 Å². The van der Waals surface area contributed by atoms with Gasteiger partial charge in [0.15, 0.2) is 0 Å². The topological polar surface area (TPSA) is 32.7 Å². The van der Waals surface area contributed by atoms with E-state index < -0.39 is 5.60 Å². The van der Waals surface area contributed by atoms with Crippen molar-refractivity contribution in [3.8, 4) is 0 Å². The van der Waals surface area contributed by atoms with Crippen LogP contribution in [-0.4, -0.2) is 29.9 Å². The van der Waals surface area contributed by atoms with Crippen LogP contribution >= 0.6 is 0 Å². The molecule has 2 unspecified atom stereocenters. The summed E-state index contributed by atoms with van der Waals surface area (Å²) in [6, 6.07) is 16.0. The molecule has 2 aromatic rings. The van der Waals surface area contributed by atoms with Crippen LogP contribution in [0.1, 0.15) is 67.7 Å². The average molecular weight is 384 g/mol. The van der Waals surface area contributed by atoms with Crippen LogP contribution in [0.25, 0.3) is 0 Å². The third-order valence-electron chi connectivity index (χ3n) is 6.43. The lowest BCUT2D eigenvalue weighted by Crippen LogP contribution is -2.45. The molecule has 1 heterocycles. The standard InChI is InChI=1S/C24H30FNO2/c1-18(19-3-5-20(6-4-19)21-7-8-21)26-15-14-24(28-17-26,13-2-16-27)22-9-11-23(25)12-10-22/h3-6,9-12,18,21,27H,2,7-8,13-17H2,1H3. The molecule has 0 spiro atoms. The molecule has 28 heavy (non-hydrogen) atoms. The van der Waals surface area contributed by atoms with Crippen molar-refractivity contribution in [2.45, 2.75) is 56.6 Å². The highest BCUT2D eigenvalue weighted by Crippen LogP contribution is 2.41. The number of hydrogen-bond acceptors (Lipinski definition) is 3. The van der Waals surface area contributed by atoms with Gasteiger partial charge in [-0.1, -0.05) is 36.4 Å². The summed E-state index contributed by atoms with van der Waals surface area (Å²) in [5, 5.41) is 9.33. The first-order valence-corrected chi connectivity index (χ1v) is 10.5. The second-order valence-corrected chi connectivity index (χ2v) is 8.28. The van der Waals surface area contributed by atoms with E-state index in [9.17, 15) is 9.50 Å². The predicted molar refractivity (Wildman–Crippen MR) is 109 cm³/mol. The fourth-order valence-electron chi connectivity index (χ4n) is 4.33. The van der Waals surface area contributed by atoms with Gasteiger partial charge in [-0.15, -0.1) is 0 Å². The molecule has 2 aromatic carbocycles. The fraction of sp³-hybridized carbons (Fsp3) is 0.500. The van der Waals surface area contributed by atoms with Gasteiger partial charge in [-0.3, -0.25) is 4.90 Å². The van der Waals surface area contributed by atoms with E-state index in [-0.39, 0.29) is 18.5 Å². The molecule has 4 rings (SSSR count). The minimum atomic E-state index is -0.442. The van der Waals surface area contributed by atoms with E-state index >= 15 is 0 Å². The highest BCUT2D eigenvalue weighted by atomic mass is 19.1. The molecule has 1 N–H and O–H groups in total. The van der Waals surface area contributed by atoms with Crippen LogP contribution in [0.3, 0.4) is 0 Å². The van der Waals surface area contributed by atoms with E-state index in [1.54, 1.807) is 0 Å². The number of hydrogen-bond donors (Lipinski definition) is 1. The monoisotopic (exact) mass is 383 g/mol. The van der Waals surface area contributed by atoms with Crippen LogP contribution < -0.4 is 0 Å². The van der Waals surface area contributed by atoms with Crippen molar-refractivity contribution in [2.24, 2.45) is 0 Å². The van der Waals surface area contributed by atoms with Crippen LogP contribution in [0.15, 0.2) is 48.5 Å². The fourth-order valence-corrected chi connectivity index (χ4v) is 4.33. The molecule has 0 radical (unpaired) electrons. The third kappa shape index (κ3) is 4.14. The maximum absolute atomic E-state index is 13.4. The smallest absolute Gasteiger partial charge is 0.123 e. The Bertz CT molecular complexity index is 762. The second-order valence-electron chi connectivity index (χ2n) is 8.28. The highest BCUT2D eigenvalue weighted by Gasteiger charge is 2.38. The van der Waals surface area contributed by atoms with Gasteiger partial charge in [-0.05, 0) is 73.8 Å². The molecule has 2 atom stereocenters. The summed E-state index contributed by atoms with van der Waals surface area (Å²) in [6.45, 7) is 3.82. The van der Waals surface area contributed by atoms with Crippen LogP contribution in [0.4, 0.5) is 4.39 Å². The Morgan fingerprint density at radius 3 is 2.43 bits per heavy atom. The van der Waals surface area contributed by atoms with Gasteiger partial charge in [-0.25, -0.2) is 4.39 Å². The van der Waals surface area contributed by atoms with Gasteiger partial charge in [0.05, 0.1) is 5.60 Å². The first-order chi connectivity index (χ1) is 13.6. The van der Waals surface area contributed by atoms with E-state index in [2.05, 4.69) is 36.1 Å². The highest BCUT2D eigenvalue weighted by molar-refractivity contribution is 5.30. The molecule has 0 bridgehead atoms. The van der Waals surface area contributed by atoms with Gasteiger partial charge in [0, 0.05) is 19.2 Å². The second kappa shape index (κ2) is 8.32. The molecule has 1 aliphatic heterocycles. The van der Waals surface area contributed by atoms with Gasteiger partial charge < -0.3 is 9.84 Å². The number of benzene rings is 2. The molecule has 1 aliphatic carbocycles. The molecule has 0 amide bonds. The first kappa shape index (κ1) is 19.6. The van der Waals surface area contributed by atoms with Crippen molar-refractivity contribution < 1.29 is 14.2 Å².